The van der Waals surface area contributed by atoms with E-state index in [0.717, 1.165) is 29.7 Å². The highest BCUT2D eigenvalue weighted by molar-refractivity contribution is 6.30. The van der Waals surface area contributed by atoms with Gasteiger partial charge in [0.25, 0.3) is 0 Å². The van der Waals surface area contributed by atoms with E-state index in [2.05, 4.69) is 6.92 Å². The largest absolute Gasteiger partial charge is 0.494 e. The number of alkyl halides is 1. The lowest BCUT2D eigenvalue weighted by atomic mass is 10.0. The summed E-state index contributed by atoms with van der Waals surface area (Å²) in [6.07, 6.45) is 9.68. The molecule has 0 heterocycles. The summed E-state index contributed by atoms with van der Waals surface area (Å²) in [5.41, 5.74) is 2.51. The summed E-state index contributed by atoms with van der Waals surface area (Å²) in [7, 11) is 0. The van der Waals surface area contributed by atoms with Crippen molar-refractivity contribution in [3.05, 3.63) is 84.4 Å². The van der Waals surface area contributed by atoms with Crippen molar-refractivity contribution in [2.75, 3.05) is 6.61 Å². The lowest BCUT2D eigenvalue weighted by Gasteiger charge is -2.15. The van der Waals surface area contributed by atoms with Gasteiger partial charge in [0.1, 0.15) is 16.9 Å². The molecule has 216 valence electrons. The summed E-state index contributed by atoms with van der Waals surface area (Å²) < 4.78 is 10.9. The first-order valence-corrected chi connectivity index (χ1v) is 14.8. The molecule has 0 spiro atoms. The SMILES string of the molecule is CCC(C)C(Cl)C(=O)Oc1ccc(-c2ccccc2)cc1.CCCCCCCCCOc1ccc(C(=O)O)cc1. The lowest BCUT2D eigenvalue weighted by molar-refractivity contribution is -0.134. The molecular weight excluding hydrogens is 524 g/mol. The maximum absolute atomic E-state index is 11.9. The van der Waals surface area contributed by atoms with Gasteiger partial charge < -0.3 is 14.6 Å². The molecule has 3 aromatic carbocycles. The van der Waals surface area contributed by atoms with E-state index < -0.39 is 17.3 Å². The number of carbonyl (C=O) groups excluding carboxylic acids is 1. The number of carbonyl (C=O) groups is 2. The van der Waals surface area contributed by atoms with Crippen LogP contribution >= 0.6 is 11.6 Å². The Labute approximate surface area is 244 Å². The topological polar surface area (TPSA) is 72.8 Å². The molecule has 0 fully saturated rings. The van der Waals surface area contributed by atoms with Crippen molar-refractivity contribution in [1.29, 1.82) is 0 Å². The summed E-state index contributed by atoms with van der Waals surface area (Å²) in [4.78, 5) is 22.6. The van der Waals surface area contributed by atoms with Gasteiger partial charge >= 0.3 is 11.9 Å². The molecule has 5 nitrogen and oxygen atoms in total. The Bertz CT molecular complexity index is 1110. The zero-order valence-corrected chi connectivity index (χ0v) is 24.7. The van der Waals surface area contributed by atoms with Crippen molar-refractivity contribution < 1.29 is 24.2 Å². The van der Waals surface area contributed by atoms with Crippen LogP contribution in [-0.2, 0) is 4.79 Å². The van der Waals surface area contributed by atoms with Crippen LogP contribution in [0.3, 0.4) is 0 Å². The minimum absolute atomic E-state index is 0.0998. The first kappa shape index (κ1) is 32.9. The number of hydrogen-bond donors (Lipinski definition) is 1. The number of unbranched alkanes of at least 4 members (excludes halogenated alkanes) is 6. The maximum atomic E-state index is 11.9. The number of halogens is 1. The molecule has 0 bridgehead atoms. The van der Waals surface area contributed by atoms with Gasteiger partial charge in [0.15, 0.2) is 0 Å². The Morgan fingerprint density at radius 3 is 1.88 bits per heavy atom. The monoisotopic (exact) mass is 566 g/mol. The quantitative estimate of drug-likeness (QED) is 0.0858. The van der Waals surface area contributed by atoms with E-state index in [1.807, 2.05) is 56.3 Å². The van der Waals surface area contributed by atoms with Gasteiger partial charge in [-0.05, 0) is 59.9 Å². The Balaban J connectivity index is 0.000000282. The Hall–Kier alpha value is -3.31. The van der Waals surface area contributed by atoms with Crippen LogP contribution in [0.2, 0.25) is 0 Å². The molecule has 40 heavy (non-hydrogen) atoms. The Morgan fingerprint density at radius 1 is 0.750 bits per heavy atom. The zero-order chi connectivity index (χ0) is 29.2. The second-order valence-corrected chi connectivity index (χ2v) is 10.4. The molecule has 2 unspecified atom stereocenters. The predicted molar refractivity (Wildman–Crippen MR) is 163 cm³/mol. The molecule has 3 rings (SSSR count). The normalized spacial score (nSPS) is 12.0. The highest BCUT2D eigenvalue weighted by Crippen LogP contribution is 2.23. The standard InChI is InChI=1S/C18H19ClO2.C16H24O3/c1-3-13(2)17(19)18(20)21-16-11-9-15(10-12-16)14-7-5-4-6-8-14;1-2-3-4-5-6-7-8-13-19-15-11-9-14(10-12-15)16(17)18/h4-13,17H,3H2,1-2H3;9-12H,2-8,13H2,1H3,(H,17,18). The van der Waals surface area contributed by atoms with E-state index in [0.29, 0.717) is 17.9 Å². The molecule has 2 atom stereocenters. The number of ether oxygens (including phenoxy) is 2. The zero-order valence-electron chi connectivity index (χ0n) is 24.0. The number of rotatable bonds is 15. The maximum Gasteiger partial charge on any atom is 0.335 e. The van der Waals surface area contributed by atoms with Crippen molar-refractivity contribution in [2.24, 2.45) is 5.92 Å². The number of carboxylic acids is 1. The number of esters is 1. The molecule has 1 N–H and O–H groups in total. The lowest BCUT2D eigenvalue weighted by Crippen LogP contribution is -2.26. The number of aromatic carboxylic acids is 1. The van der Waals surface area contributed by atoms with Crippen LogP contribution in [0.4, 0.5) is 0 Å². The van der Waals surface area contributed by atoms with Crippen molar-refractivity contribution in [2.45, 2.75) is 77.5 Å². The van der Waals surface area contributed by atoms with Gasteiger partial charge in [-0.3, -0.25) is 4.79 Å². The molecule has 6 heteroatoms. The average Bonchev–Trinajstić information content (AvgIpc) is 2.99. The fraction of sp³-hybridized carbons (Fsp3) is 0.412. The second kappa shape index (κ2) is 18.9. The van der Waals surface area contributed by atoms with Crippen molar-refractivity contribution in [3.8, 4) is 22.6 Å². The number of benzene rings is 3. The predicted octanol–water partition coefficient (Wildman–Crippen LogP) is 9.43. The number of carboxylic acid groups (broad SMARTS) is 1. The van der Waals surface area contributed by atoms with E-state index in [9.17, 15) is 9.59 Å². The van der Waals surface area contributed by atoms with E-state index in [1.165, 1.54) is 38.5 Å². The minimum atomic E-state index is -0.904. The molecule has 0 aromatic heterocycles. The van der Waals surface area contributed by atoms with E-state index in [1.54, 1.807) is 36.4 Å². The first-order valence-electron chi connectivity index (χ1n) is 14.3. The number of hydrogen-bond acceptors (Lipinski definition) is 4. The average molecular weight is 567 g/mol. The molecule has 0 aliphatic heterocycles. The molecule has 0 saturated carbocycles. The highest BCUT2D eigenvalue weighted by Gasteiger charge is 2.23. The summed E-state index contributed by atoms with van der Waals surface area (Å²) in [5, 5.41) is 8.16. The van der Waals surface area contributed by atoms with Crippen LogP contribution in [0, 0.1) is 5.92 Å². The molecule has 3 aromatic rings. The molecule has 0 aliphatic rings. The fourth-order valence-electron chi connectivity index (χ4n) is 3.90. The van der Waals surface area contributed by atoms with Crippen LogP contribution in [-0.4, -0.2) is 29.0 Å². The summed E-state index contributed by atoms with van der Waals surface area (Å²) in [6.45, 7) is 6.88. The van der Waals surface area contributed by atoms with E-state index in [4.69, 9.17) is 26.2 Å². The van der Waals surface area contributed by atoms with Crippen LogP contribution in [0.15, 0.2) is 78.9 Å². The molecule has 0 aliphatic carbocycles. The van der Waals surface area contributed by atoms with Crippen molar-refractivity contribution in [3.63, 3.8) is 0 Å². The van der Waals surface area contributed by atoms with Crippen LogP contribution in [0.25, 0.3) is 11.1 Å². The van der Waals surface area contributed by atoms with Gasteiger partial charge in [-0.2, -0.15) is 0 Å². The first-order chi connectivity index (χ1) is 19.3. The third-order valence-corrected chi connectivity index (χ3v) is 7.27. The summed E-state index contributed by atoms with van der Waals surface area (Å²) in [5.74, 6) is 0.0736. The van der Waals surface area contributed by atoms with Crippen molar-refractivity contribution >= 4 is 23.5 Å². The fourth-order valence-corrected chi connectivity index (χ4v) is 4.12. The summed E-state index contributed by atoms with van der Waals surface area (Å²) >= 11 is 6.08. The molecule has 0 amide bonds. The van der Waals surface area contributed by atoms with Gasteiger partial charge in [0.2, 0.25) is 0 Å². The van der Waals surface area contributed by atoms with E-state index in [-0.39, 0.29) is 5.92 Å². The smallest absolute Gasteiger partial charge is 0.335 e. The van der Waals surface area contributed by atoms with Crippen LogP contribution in [0.5, 0.6) is 11.5 Å². The van der Waals surface area contributed by atoms with Crippen LogP contribution in [0.1, 0.15) is 82.5 Å². The Kier molecular flexibility index (Phi) is 15.5. The van der Waals surface area contributed by atoms with Gasteiger partial charge in [-0.25, -0.2) is 4.79 Å². The Morgan fingerprint density at radius 2 is 1.30 bits per heavy atom. The van der Waals surface area contributed by atoms with Gasteiger partial charge in [0.05, 0.1) is 12.2 Å². The summed E-state index contributed by atoms with van der Waals surface area (Å²) in [6, 6.07) is 24.1. The molecular formula is C34H43ClO5. The van der Waals surface area contributed by atoms with Crippen molar-refractivity contribution in [1.82, 2.24) is 0 Å². The third kappa shape index (κ3) is 12.3. The molecule has 0 radical (unpaired) electrons. The second-order valence-electron chi connectivity index (χ2n) is 9.90. The minimum Gasteiger partial charge on any atom is -0.494 e. The van der Waals surface area contributed by atoms with Gasteiger partial charge in [-0.1, -0.05) is 108 Å². The molecule has 0 saturated heterocycles. The highest BCUT2D eigenvalue weighted by atomic mass is 35.5. The third-order valence-electron chi connectivity index (χ3n) is 6.67. The van der Waals surface area contributed by atoms with Crippen LogP contribution < -0.4 is 9.47 Å². The van der Waals surface area contributed by atoms with E-state index >= 15 is 0 Å². The van der Waals surface area contributed by atoms with Gasteiger partial charge in [0, 0.05) is 0 Å². The van der Waals surface area contributed by atoms with Gasteiger partial charge in [-0.15, -0.1) is 11.6 Å².